The minimum absolute atomic E-state index is 0.274. The number of aliphatic hydroxyl groups is 1. The fourth-order valence-electron chi connectivity index (χ4n) is 4.12. The van der Waals surface area contributed by atoms with Crippen LogP contribution in [0.25, 0.3) is 0 Å². The van der Waals surface area contributed by atoms with Crippen LogP contribution in [0, 0.1) is 0 Å². The molecule has 0 aromatic carbocycles. The number of hydrogen-bond acceptors (Lipinski definition) is 3. The summed E-state index contributed by atoms with van der Waals surface area (Å²) in [5, 5.41) is 9.26. The maximum absolute atomic E-state index is 9.26. The van der Waals surface area contributed by atoms with Gasteiger partial charge in [-0.25, -0.2) is 0 Å². The lowest BCUT2D eigenvalue weighted by molar-refractivity contribution is -0.0416. The highest BCUT2D eigenvalue weighted by molar-refractivity contribution is 4.97. The third kappa shape index (κ3) is 3.71. The average Bonchev–Trinajstić information content (AvgIpc) is 2.60. The van der Waals surface area contributed by atoms with E-state index in [-0.39, 0.29) is 5.54 Å². The molecule has 0 radical (unpaired) electrons. The topological polar surface area (TPSA) is 26.7 Å². The summed E-state index contributed by atoms with van der Waals surface area (Å²) in [5.41, 5.74) is 0.274. The summed E-state index contributed by atoms with van der Waals surface area (Å²) >= 11 is 0. The molecule has 0 bridgehead atoms. The zero-order valence-electron chi connectivity index (χ0n) is 13.1. The molecule has 1 aliphatic carbocycles. The first kappa shape index (κ1) is 15.3. The van der Waals surface area contributed by atoms with Crippen molar-refractivity contribution in [2.75, 3.05) is 26.7 Å². The molecule has 2 fully saturated rings. The third-order valence-electron chi connectivity index (χ3n) is 5.17. The van der Waals surface area contributed by atoms with Crippen LogP contribution in [0.1, 0.15) is 58.8 Å². The van der Waals surface area contributed by atoms with Gasteiger partial charge in [-0.05, 0) is 40.2 Å². The highest BCUT2D eigenvalue weighted by Crippen LogP contribution is 2.32. The molecule has 0 aromatic heterocycles. The van der Waals surface area contributed by atoms with Crippen molar-refractivity contribution >= 4 is 0 Å². The molecule has 19 heavy (non-hydrogen) atoms. The van der Waals surface area contributed by atoms with Crippen molar-refractivity contribution in [3.05, 3.63) is 0 Å². The fraction of sp³-hybridized carbons (Fsp3) is 1.00. The van der Waals surface area contributed by atoms with Crippen LogP contribution in [0.5, 0.6) is 0 Å². The maximum Gasteiger partial charge on any atom is 0.0446 e. The zero-order valence-corrected chi connectivity index (χ0v) is 13.1. The second-order valence-corrected chi connectivity index (χ2v) is 7.19. The highest BCUT2D eigenvalue weighted by atomic mass is 16.3. The lowest BCUT2D eigenvalue weighted by Gasteiger charge is -2.53. The molecule has 1 aliphatic heterocycles. The van der Waals surface area contributed by atoms with Gasteiger partial charge in [0.2, 0.25) is 0 Å². The van der Waals surface area contributed by atoms with Gasteiger partial charge in [0.25, 0.3) is 0 Å². The van der Waals surface area contributed by atoms with Gasteiger partial charge in [0.15, 0.2) is 0 Å². The molecule has 112 valence electrons. The molecular formula is C16H32N2O. The van der Waals surface area contributed by atoms with Crippen molar-refractivity contribution < 1.29 is 5.11 Å². The normalized spacial score (nSPS) is 31.3. The minimum atomic E-state index is 0.274. The Morgan fingerprint density at radius 3 is 2.32 bits per heavy atom. The van der Waals surface area contributed by atoms with E-state index in [9.17, 15) is 5.11 Å². The number of hydrogen-bond donors (Lipinski definition) is 1. The monoisotopic (exact) mass is 268 g/mol. The van der Waals surface area contributed by atoms with Crippen LogP contribution in [0.15, 0.2) is 0 Å². The lowest BCUT2D eigenvalue weighted by atomic mass is 9.90. The molecule has 1 heterocycles. The molecule has 1 saturated carbocycles. The van der Waals surface area contributed by atoms with E-state index in [4.69, 9.17) is 0 Å². The van der Waals surface area contributed by atoms with Gasteiger partial charge < -0.3 is 10.0 Å². The van der Waals surface area contributed by atoms with E-state index < -0.39 is 0 Å². The zero-order chi connectivity index (χ0) is 13.9. The summed E-state index contributed by atoms with van der Waals surface area (Å²) in [7, 11) is 2.21. The molecule has 1 saturated heterocycles. The Hall–Kier alpha value is -0.120. The maximum atomic E-state index is 9.26. The Morgan fingerprint density at radius 2 is 1.74 bits per heavy atom. The van der Waals surface area contributed by atoms with E-state index in [2.05, 4.69) is 30.7 Å². The number of aliphatic hydroxyl groups excluding tert-OH is 1. The Balaban J connectivity index is 2.06. The Bertz CT molecular complexity index is 272. The van der Waals surface area contributed by atoms with Crippen LogP contribution in [0.3, 0.4) is 0 Å². The van der Waals surface area contributed by atoms with Gasteiger partial charge in [-0.1, -0.05) is 25.7 Å². The minimum Gasteiger partial charge on any atom is -0.396 e. The van der Waals surface area contributed by atoms with Crippen molar-refractivity contribution in [1.82, 2.24) is 9.80 Å². The largest absolute Gasteiger partial charge is 0.396 e. The molecule has 0 aromatic rings. The standard InChI is InChI=1S/C16H32N2O/c1-16(2)13-17(3)15(10-11-19)12-18(16)14-8-6-4-5-7-9-14/h14-15,19H,4-13H2,1-3H3. The van der Waals surface area contributed by atoms with Crippen LogP contribution in [0.4, 0.5) is 0 Å². The summed E-state index contributed by atoms with van der Waals surface area (Å²) < 4.78 is 0. The van der Waals surface area contributed by atoms with Gasteiger partial charge in [-0.3, -0.25) is 4.90 Å². The van der Waals surface area contributed by atoms with E-state index >= 15 is 0 Å². The molecule has 3 nitrogen and oxygen atoms in total. The smallest absolute Gasteiger partial charge is 0.0446 e. The molecule has 1 unspecified atom stereocenters. The Kier molecular flexibility index (Phi) is 5.27. The first-order valence-corrected chi connectivity index (χ1v) is 8.12. The van der Waals surface area contributed by atoms with Gasteiger partial charge in [-0.2, -0.15) is 0 Å². The quantitative estimate of drug-likeness (QED) is 0.797. The van der Waals surface area contributed by atoms with Crippen LogP contribution >= 0.6 is 0 Å². The van der Waals surface area contributed by atoms with E-state index in [0.29, 0.717) is 12.6 Å². The van der Waals surface area contributed by atoms with Gasteiger partial charge >= 0.3 is 0 Å². The van der Waals surface area contributed by atoms with Crippen LogP contribution < -0.4 is 0 Å². The second-order valence-electron chi connectivity index (χ2n) is 7.19. The third-order valence-corrected chi connectivity index (χ3v) is 5.17. The number of likely N-dealkylation sites (N-methyl/N-ethyl adjacent to an activating group) is 1. The predicted molar refractivity (Wildman–Crippen MR) is 80.4 cm³/mol. The molecule has 2 rings (SSSR count). The molecule has 3 heteroatoms. The molecule has 0 spiro atoms. The molecule has 2 aliphatic rings. The summed E-state index contributed by atoms with van der Waals surface area (Å²) in [6.07, 6.45) is 9.30. The fourth-order valence-corrected chi connectivity index (χ4v) is 4.12. The number of rotatable bonds is 3. The molecular weight excluding hydrogens is 236 g/mol. The number of piperazine rings is 1. The summed E-state index contributed by atoms with van der Waals surface area (Å²) in [6, 6.07) is 1.30. The van der Waals surface area contributed by atoms with E-state index in [1.54, 1.807) is 0 Å². The van der Waals surface area contributed by atoms with Crippen LogP contribution in [-0.4, -0.2) is 59.3 Å². The van der Waals surface area contributed by atoms with Crippen molar-refractivity contribution in [2.45, 2.75) is 76.4 Å². The van der Waals surface area contributed by atoms with Crippen molar-refractivity contribution in [1.29, 1.82) is 0 Å². The van der Waals surface area contributed by atoms with Gasteiger partial charge in [0.1, 0.15) is 0 Å². The second kappa shape index (κ2) is 6.55. The van der Waals surface area contributed by atoms with Crippen molar-refractivity contribution in [3.63, 3.8) is 0 Å². The van der Waals surface area contributed by atoms with Gasteiger partial charge in [0, 0.05) is 37.3 Å². The molecule has 0 amide bonds. The lowest BCUT2D eigenvalue weighted by Crippen LogP contribution is -2.64. The van der Waals surface area contributed by atoms with Gasteiger partial charge in [-0.15, -0.1) is 0 Å². The van der Waals surface area contributed by atoms with E-state index in [1.807, 2.05) is 0 Å². The Labute approximate surface area is 119 Å². The molecule has 1 atom stereocenters. The van der Waals surface area contributed by atoms with E-state index in [0.717, 1.165) is 25.6 Å². The van der Waals surface area contributed by atoms with Crippen LogP contribution in [0.2, 0.25) is 0 Å². The van der Waals surface area contributed by atoms with Crippen LogP contribution in [-0.2, 0) is 0 Å². The summed E-state index contributed by atoms with van der Waals surface area (Å²) in [6.45, 7) is 7.35. The van der Waals surface area contributed by atoms with Gasteiger partial charge in [0.05, 0.1) is 0 Å². The highest BCUT2D eigenvalue weighted by Gasteiger charge is 2.40. The Morgan fingerprint density at radius 1 is 1.11 bits per heavy atom. The average molecular weight is 268 g/mol. The summed E-state index contributed by atoms with van der Waals surface area (Å²) in [5.74, 6) is 0. The molecule has 1 N–H and O–H groups in total. The SMILES string of the molecule is CN1CC(C)(C)N(C2CCCCCC2)CC1CCO. The first-order valence-electron chi connectivity index (χ1n) is 8.12. The summed E-state index contributed by atoms with van der Waals surface area (Å²) in [4.78, 5) is 5.21. The van der Waals surface area contributed by atoms with E-state index in [1.165, 1.54) is 38.5 Å². The number of nitrogens with zero attached hydrogens (tertiary/aromatic N) is 2. The first-order chi connectivity index (χ1) is 9.04. The predicted octanol–water partition coefficient (Wildman–Crippen LogP) is 2.49. The van der Waals surface area contributed by atoms with Crippen molar-refractivity contribution in [2.24, 2.45) is 0 Å². The van der Waals surface area contributed by atoms with Crippen molar-refractivity contribution in [3.8, 4) is 0 Å².